The van der Waals surface area contributed by atoms with Gasteiger partial charge in [-0.3, -0.25) is 4.79 Å². The number of aromatic amines is 1. The Morgan fingerprint density at radius 3 is 2.89 bits per heavy atom. The van der Waals surface area contributed by atoms with Crippen LogP contribution in [0.1, 0.15) is 47.6 Å². The lowest BCUT2D eigenvalue weighted by Crippen LogP contribution is -2.13. The summed E-state index contributed by atoms with van der Waals surface area (Å²) in [5.41, 5.74) is 0.617. The van der Waals surface area contributed by atoms with Gasteiger partial charge in [-0.2, -0.15) is 0 Å². The minimum absolute atomic E-state index is 0.0337. The average molecular weight is 410 g/mol. The van der Waals surface area contributed by atoms with E-state index in [9.17, 15) is 4.79 Å². The Hall–Kier alpha value is -2.45. The van der Waals surface area contributed by atoms with Crippen LogP contribution in [0, 0.1) is 0 Å². The normalized spacial score (nSPS) is 15.2. The molecule has 3 aromatic heterocycles. The average Bonchev–Trinajstić information content (AvgIpc) is 3.26. The minimum atomic E-state index is -0.102. The highest BCUT2D eigenvalue weighted by atomic mass is 32.2. The second-order valence-electron chi connectivity index (χ2n) is 6.98. The van der Waals surface area contributed by atoms with Crippen molar-refractivity contribution in [2.24, 2.45) is 0 Å². The second kappa shape index (κ2) is 7.18. The molecule has 1 N–H and O–H groups in total. The molecule has 1 atom stereocenters. The predicted octanol–water partition coefficient (Wildman–Crippen LogP) is 4.36. The second-order valence-corrected chi connectivity index (χ2v) is 9.32. The Balaban J connectivity index is 1.44. The van der Waals surface area contributed by atoms with Crippen molar-refractivity contribution in [3.8, 4) is 0 Å². The maximum atomic E-state index is 12.4. The molecule has 28 heavy (non-hydrogen) atoms. The third-order valence-electron chi connectivity index (χ3n) is 4.86. The molecular formula is C20H19N5OS2. The van der Waals surface area contributed by atoms with Gasteiger partial charge >= 0.3 is 0 Å². The van der Waals surface area contributed by atoms with E-state index in [2.05, 4.69) is 42.2 Å². The van der Waals surface area contributed by atoms with Crippen LogP contribution in [-0.4, -0.2) is 24.7 Å². The van der Waals surface area contributed by atoms with Crippen molar-refractivity contribution >= 4 is 34.0 Å². The van der Waals surface area contributed by atoms with Gasteiger partial charge in [0.25, 0.3) is 5.56 Å². The summed E-state index contributed by atoms with van der Waals surface area (Å²) in [6, 6.07) is 12.1. The van der Waals surface area contributed by atoms with E-state index >= 15 is 0 Å². The number of rotatable bonds is 6. The van der Waals surface area contributed by atoms with Crippen LogP contribution in [0.5, 0.6) is 0 Å². The van der Waals surface area contributed by atoms with Crippen molar-refractivity contribution in [2.75, 3.05) is 0 Å². The number of nitrogens with one attached hydrogen (secondary N) is 1. The van der Waals surface area contributed by atoms with Gasteiger partial charge in [-0.05, 0) is 43.3 Å². The fourth-order valence-corrected chi connectivity index (χ4v) is 4.98. The summed E-state index contributed by atoms with van der Waals surface area (Å²) in [7, 11) is 0. The van der Waals surface area contributed by atoms with E-state index in [-0.39, 0.29) is 10.8 Å². The van der Waals surface area contributed by atoms with Gasteiger partial charge in [-0.25, -0.2) is 4.98 Å². The lowest BCUT2D eigenvalue weighted by molar-refractivity contribution is 0.633. The minimum Gasteiger partial charge on any atom is -0.309 e. The van der Waals surface area contributed by atoms with Gasteiger partial charge in [-0.15, -0.1) is 21.5 Å². The van der Waals surface area contributed by atoms with Crippen LogP contribution >= 0.6 is 23.1 Å². The highest BCUT2D eigenvalue weighted by Crippen LogP contribution is 2.42. The lowest BCUT2D eigenvalue weighted by atomic mass is 10.2. The molecule has 0 spiro atoms. The SMILES string of the molecule is C[C@@H](Sc1nnc(Cc2cccs2)n1C1CC1)c1nc2ccccc2c(=O)[nH]1. The number of benzene rings is 1. The first-order valence-corrected chi connectivity index (χ1v) is 11.1. The molecule has 1 aliphatic carbocycles. The van der Waals surface area contributed by atoms with Gasteiger partial charge in [0.2, 0.25) is 0 Å². The summed E-state index contributed by atoms with van der Waals surface area (Å²) < 4.78 is 2.28. The quantitative estimate of drug-likeness (QED) is 0.479. The number of thiophene rings is 1. The topological polar surface area (TPSA) is 76.5 Å². The molecule has 5 rings (SSSR count). The molecule has 4 aromatic rings. The molecule has 0 saturated heterocycles. The smallest absolute Gasteiger partial charge is 0.258 e. The molecule has 1 fully saturated rings. The fourth-order valence-electron chi connectivity index (χ4n) is 3.29. The number of hydrogen-bond donors (Lipinski definition) is 1. The number of thioether (sulfide) groups is 1. The Morgan fingerprint density at radius 1 is 1.25 bits per heavy atom. The summed E-state index contributed by atoms with van der Waals surface area (Å²) in [4.78, 5) is 21.3. The predicted molar refractivity (Wildman–Crippen MR) is 112 cm³/mol. The summed E-state index contributed by atoms with van der Waals surface area (Å²) >= 11 is 3.35. The molecule has 3 heterocycles. The molecule has 8 heteroatoms. The molecule has 6 nitrogen and oxygen atoms in total. The number of hydrogen-bond acceptors (Lipinski definition) is 6. The zero-order chi connectivity index (χ0) is 19.1. The van der Waals surface area contributed by atoms with E-state index in [1.807, 2.05) is 25.1 Å². The van der Waals surface area contributed by atoms with Gasteiger partial charge in [-0.1, -0.05) is 30.0 Å². The molecule has 0 radical (unpaired) electrons. The van der Waals surface area contributed by atoms with Crippen LogP contribution in [0.3, 0.4) is 0 Å². The number of fused-ring (bicyclic) bond motifs is 1. The lowest BCUT2D eigenvalue weighted by Gasteiger charge is -2.13. The summed E-state index contributed by atoms with van der Waals surface area (Å²) in [5.74, 6) is 1.68. The van der Waals surface area contributed by atoms with Crippen LogP contribution in [0.4, 0.5) is 0 Å². The Kier molecular flexibility index (Phi) is 4.52. The van der Waals surface area contributed by atoms with Crippen LogP contribution in [0.15, 0.2) is 51.7 Å². The molecule has 0 aliphatic heterocycles. The van der Waals surface area contributed by atoms with Crippen LogP contribution in [0.25, 0.3) is 10.9 Å². The largest absolute Gasteiger partial charge is 0.309 e. The van der Waals surface area contributed by atoms with Gasteiger partial charge in [0.1, 0.15) is 11.6 Å². The summed E-state index contributed by atoms with van der Waals surface area (Å²) in [6.45, 7) is 2.04. The highest BCUT2D eigenvalue weighted by Gasteiger charge is 2.30. The molecule has 1 saturated carbocycles. The zero-order valence-corrected chi connectivity index (χ0v) is 17.0. The van der Waals surface area contributed by atoms with Crippen LogP contribution < -0.4 is 5.56 Å². The maximum absolute atomic E-state index is 12.4. The van der Waals surface area contributed by atoms with E-state index in [1.54, 1.807) is 29.2 Å². The standard InChI is InChI=1S/C20H19N5OS2/c1-12(18-21-16-7-3-2-6-15(16)19(26)22-18)28-20-24-23-17(25(20)13-8-9-13)11-14-5-4-10-27-14/h2-7,10,12-13H,8-9,11H2,1H3,(H,21,22,26)/t12-/m1/s1. The molecule has 0 amide bonds. The monoisotopic (exact) mass is 409 g/mol. The molecule has 1 aliphatic rings. The molecule has 1 aromatic carbocycles. The molecular weight excluding hydrogens is 390 g/mol. The first kappa shape index (κ1) is 17.6. The molecule has 0 unspecified atom stereocenters. The van der Waals surface area contributed by atoms with Crippen molar-refractivity contribution < 1.29 is 0 Å². The van der Waals surface area contributed by atoms with Gasteiger partial charge in [0, 0.05) is 17.3 Å². The van der Waals surface area contributed by atoms with E-state index in [1.165, 1.54) is 17.7 Å². The first-order valence-electron chi connectivity index (χ1n) is 9.31. The van der Waals surface area contributed by atoms with Crippen molar-refractivity contribution in [1.82, 2.24) is 24.7 Å². The zero-order valence-electron chi connectivity index (χ0n) is 15.3. The van der Waals surface area contributed by atoms with Gasteiger partial charge < -0.3 is 9.55 Å². The van der Waals surface area contributed by atoms with Crippen LogP contribution in [0.2, 0.25) is 0 Å². The molecule has 0 bridgehead atoms. The van der Waals surface area contributed by atoms with E-state index in [0.29, 0.717) is 17.3 Å². The fraction of sp³-hybridized carbons (Fsp3) is 0.300. The number of aromatic nitrogens is 5. The maximum Gasteiger partial charge on any atom is 0.258 e. The number of nitrogens with zero attached hydrogens (tertiary/aromatic N) is 4. The Morgan fingerprint density at radius 2 is 2.11 bits per heavy atom. The van der Waals surface area contributed by atoms with Crippen molar-refractivity contribution in [1.29, 1.82) is 0 Å². The van der Waals surface area contributed by atoms with E-state index in [4.69, 9.17) is 0 Å². The Bertz CT molecular complexity index is 1180. The van der Waals surface area contributed by atoms with Gasteiger partial charge in [0.15, 0.2) is 5.16 Å². The summed E-state index contributed by atoms with van der Waals surface area (Å²) in [6.07, 6.45) is 3.14. The highest BCUT2D eigenvalue weighted by molar-refractivity contribution is 7.99. The first-order chi connectivity index (χ1) is 13.7. The van der Waals surface area contributed by atoms with Crippen LogP contribution in [-0.2, 0) is 6.42 Å². The number of para-hydroxylation sites is 1. The number of H-pyrrole nitrogens is 1. The van der Waals surface area contributed by atoms with Crippen molar-refractivity contribution in [3.63, 3.8) is 0 Å². The molecule has 142 valence electrons. The van der Waals surface area contributed by atoms with E-state index < -0.39 is 0 Å². The third kappa shape index (κ3) is 3.38. The van der Waals surface area contributed by atoms with E-state index in [0.717, 1.165) is 22.9 Å². The van der Waals surface area contributed by atoms with Crippen molar-refractivity contribution in [2.45, 2.75) is 42.6 Å². The summed E-state index contributed by atoms with van der Waals surface area (Å²) in [5, 5.41) is 12.5. The Labute approximate surface area is 170 Å². The third-order valence-corrected chi connectivity index (χ3v) is 6.80. The van der Waals surface area contributed by atoms with Crippen molar-refractivity contribution in [3.05, 3.63) is 68.7 Å². The van der Waals surface area contributed by atoms with Gasteiger partial charge in [0.05, 0.1) is 16.2 Å².